The zero-order valence-electron chi connectivity index (χ0n) is 7.50. The average Bonchev–Trinajstić information content (AvgIpc) is 2.52. The Bertz CT molecular complexity index is 347. The van der Waals surface area contributed by atoms with Crippen molar-refractivity contribution in [1.29, 1.82) is 0 Å². The number of hydrazone groups is 1. The molecule has 1 aromatic rings. The van der Waals surface area contributed by atoms with Gasteiger partial charge in [0.15, 0.2) is 0 Å². The highest BCUT2D eigenvalue weighted by Gasteiger charge is 2.12. The predicted molar refractivity (Wildman–Crippen MR) is 59.2 cm³/mol. The number of nitrogens with zero attached hydrogens (tertiary/aromatic N) is 2. The van der Waals surface area contributed by atoms with Crippen LogP contribution in [0.3, 0.4) is 0 Å². The fourth-order valence-electron chi connectivity index (χ4n) is 1.40. The van der Waals surface area contributed by atoms with Crippen LogP contribution in [0, 0.1) is 0 Å². The molecular weight excluding hydrogens is 228 g/mol. The van der Waals surface area contributed by atoms with Crippen molar-refractivity contribution in [2.75, 3.05) is 11.6 Å². The van der Waals surface area contributed by atoms with Crippen LogP contribution in [0.1, 0.15) is 13.3 Å². The quantitative estimate of drug-likeness (QED) is 0.735. The van der Waals surface area contributed by atoms with Gasteiger partial charge in [0.2, 0.25) is 0 Å². The van der Waals surface area contributed by atoms with E-state index in [1.54, 1.807) is 0 Å². The summed E-state index contributed by atoms with van der Waals surface area (Å²) in [6.45, 7) is 3.07. The summed E-state index contributed by atoms with van der Waals surface area (Å²) in [6, 6.07) is 8.22. The monoisotopic (exact) mass is 238 g/mol. The van der Waals surface area contributed by atoms with Gasteiger partial charge >= 0.3 is 0 Å². The number of hydrogen-bond acceptors (Lipinski definition) is 2. The number of hydrogen-bond donors (Lipinski definition) is 0. The van der Waals surface area contributed by atoms with Gasteiger partial charge in [0.1, 0.15) is 0 Å². The fourth-order valence-corrected chi connectivity index (χ4v) is 1.78. The first-order valence-corrected chi connectivity index (χ1v) is 5.12. The van der Waals surface area contributed by atoms with Gasteiger partial charge in [-0.15, -0.1) is 0 Å². The molecule has 0 bridgehead atoms. The lowest BCUT2D eigenvalue weighted by Crippen LogP contribution is -2.11. The van der Waals surface area contributed by atoms with E-state index < -0.39 is 0 Å². The van der Waals surface area contributed by atoms with E-state index in [1.807, 2.05) is 17.1 Å². The van der Waals surface area contributed by atoms with Crippen LogP contribution >= 0.6 is 15.9 Å². The lowest BCUT2D eigenvalue weighted by Gasteiger charge is -2.13. The van der Waals surface area contributed by atoms with Crippen LogP contribution in [-0.2, 0) is 0 Å². The number of benzene rings is 1. The molecule has 1 aromatic carbocycles. The highest BCUT2D eigenvalue weighted by atomic mass is 79.9. The molecule has 0 radical (unpaired) electrons. The van der Waals surface area contributed by atoms with E-state index in [0.717, 1.165) is 23.1 Å². The summed E-state index contributed by atoms with van der Waals surface area (Å²) >= 11 is 3.45. The Morgan fingerprint density at radius 2 is 2.31 bits per heavy atom. The molecule has 3 heteroatoms. The molecule has 0 saturated heterocycles. The first-order chi connectivity index (χ1) is 6.25. The van der Waals surface area contributed by atoms with Crippen LogP contribution in [0.4, 0.5) is 5.69 Å². The van der Waals surface area contributed by atoms with Crippen molar-refractivity contribution in [1.82, 2.24) is 0 Å². The van der Waals surface area contributed by atoms with Gasteiger partial charge in [-0.3, -0.25) is 5.01 Å². The molecule has 0 aromatic heterocycles. The SMILES string of the molecule is CC1=NN(c2cccc(Br)c2)CC1. The summed E-state index contributed by atoms with van der Waals surface area (Å²) in [6.07, 6.45) is 1.08. The standard InChI is InChI=1S/C10H11BrN2/c1-8-5-6-13(12-8)10-4-2-3-9(11)7-10/h2-4,7H,5-6H2,1H3. The molecule has 2 rings (SSSR count). The van der Waals surface area contributed by atoms with Gasteiger partial charge in [-0.25, -0.2) is 0 Å². The zero-order valence-corrected chi connectivity index (χ0v) is 9.08. The summed E-state index contributed by atoms with van der Waals surface area (Å²) in [5, 5.41) is 6.47. The molecule has 0 fully saturated rings. The van der Waals surface area contributed by atoms with Gasteiger partial charge in [-0.1, -0.05) is 22.0 Å². The van der Waals surface area contributed by atoms with Crippen molar-refractivity contribution in [2.45, 2.75) is 13.3 Å². The second-order valence-corrected chi connectivity index (χ2v) is 4.10. The Morgan fingerprint density at radius 1 is 1.46 bits per heavy atom. The molecule has 0 amide bonds. The fraction of sp³-hybridized carbons (Fsp3) is 0.300. The highest BCUT2D eigenvalue weighted by Crippen LogP contribution is 2.22. The molecule has 0 saturated carbocycles. The second-order valence-electron chi connectivity index (χ2n) is 3.19. The van der Waals surface area contributed by atoms with Gasteiger partial charge < -0.3 is 0 Å². The van der Waals surface area contributed by atoms with E-state index in [-0.39, 0.29) is 0 Å². The van der Waals surface area contributed by atoms with Crippen LogP contribution in [0.2, 0.25) is 0 Å². The van der Waals surface area contributed by atoms with Gasteiger partial charge in [0.05, 0.1) is 5.69 Å². The third-order valence-electron chi connectivity index (χ3n) is 2.08. The molecular formula is C10H11BrN2. The van der Waals surface area contributed by atoms with Gasteiger partial charge in [-0.05, 0) is 25.1 Å². The summed E-state index contributed by atoms with van der Waals surface area (Å²) < 4.78 is 1.10. The minimum absolute atomic E-state index is 1.00. The van der Waals surface area contributed by atoms with E-state index in [2.05, 4.69) is 40.1 Å². The second kappa shape index (κ2) is 3.50. The number of rotatable bonds is 1. The van der Waals surface area contributed by atoms with E-state index >= 15 is 0 Å². The molecule has 1 aliphatic rings. The summed E-state index contributed by atoms with van der Waals surface area (Å²) in [7, 11) is 0. The maximum absolute atomic E-state index is 4.43. The molecule has 0 N–H and O–H groups in total. The molecule has 13 heavy (non-hydrogen) atoms. The Balaban J connectivity index is 2.26. The van der Waals surface area contributed by atoms with Crippen LogP contribution in [0.5, 0.6) is 0 Å². The molecule has 1 heterocycles. The predicted octanol–water partition coefficient (Wildman–Crippen LogP) is 3.04. The Hall–Kier alpha value is -0.830. The summed E-state index contributed by atoms with van der Waals surface area (Å²) in [4.78, 5) is 0. The average molecular weight is 239 g/mol. The highest BCUT2D eigenvalue weighted by molar-refractivity contribution is 9.10. The maximum atomic E-state index is 4.43. The van der Waals surface area contributed by atoms with E-state index in [1.165, 1.54) is 5.71 Å². The van der Waals surface area contributed by atoms with Crippen LogP contribution in [0.25, 0.3) is 0 Å². The molecule has 0 unspecified atom stereocenters. The first-order valence-electron chi connectivity index (χ1n) is 4.33. The Kier molecular flexibility index (Phi) is 2.36. The number of halogens is 1. The largest absolute Gasteiger partial charge is 0.265 e. The van der Waals surface area contributed by atoms with Gasteiger partial charge in [0, 0.05) is 23.1 Å². The van der Waals surface area contributed by atoms with Crippen molar-refractivity contribution in [3.05, 3.63) is 28.7 Å². The third kappa shape index (κ3) is 1.91. The maximum Gasteiger partial charge on any atom is 0.0605 e. The summed E-state index contributed by atoms with van der Waals surface area (Å²) in [5.74, 6) is 0. The van der Waals surface area contributed by atoms with Crippen LogP contribution < -0.4 is 5.01 Å². The number of anilines is 1. The first kappa shape index (κ1) is 8.75. The molecule has 1 aliphatic heterocycles. The molecule has 68 valence electrons. The van der Waals surface area contributed by atoms with Crippen molar-refractivity contribution in [3.63, 3.8) is 0 Å². The zero-order chi connectivity index (χ0) is 9.26. The Morgan fingerprint density at radius 3 is 2.92 bits per heavy atom. The van der Waals surface area contributed by atoms with Gasteiger partial charge in [0.25, 0.3) is 0 Å². The van der Waals surface area contributed by atoms with E-state index in [0.29, 0.717) is 0 Å². The van der Waals surface area contributed by atoms with E-state index in [4.69, 9.17) is 0 Å². The minimum atomic E-state index is 1.00. The molecule has 0 aliphatic carbocycles. The lowest BCUT2D eigenvalue weighted by atomic mass is 10.3. The van der Waals surface area contributed by atoms with Crippen molar-refractivity contribution >= 4 is 27.3 Å². The van der Waals surface area contributed by atoms with Crippen molar-refractivity contribution < 1.29 is 0 Å². The summed E-state index contributed by atoms with van der Waals surface area (Å²) in [5.41, 5.74) is 2.37. The van der Waals surface area contributed by atoms with Crippen LogP contribution in [-0.4, -0.2) is 12.3 Å². The molecule has 2 nitrogen and oxygen atoms in total. The Labute approximate surface area is 86.4 Å². The normalized spacial score (nSPS) is 16.2. The van der Waals surface area contributed by atoms with Crippen LogP contribution in [0.15, 0.2) is 33.8 Å². The van der Waals surface area contributed by atoms with E-state index in [9.17, 15) is 0 Å². The minimum Gasteiger partial charge on any atom is -0.265 e. The van der Waals surface area contributed by atoms with Crippen molar-refractivity contribution in [2.24, 2.45) is 5.10 Å². The smallest absolute Gasteiger partial charge is 0.0605 e. The van der Waals surface area contributed by atoms with Crippen molar-refractivity contribution in [3.8, 4) is 0 Å². The lowest BCUT2D eigenvalue weighted by molar-refractivity contribution is 0.921. The third-order valence-corrected chi connectivity index (χ3v) is 2.58. The molecule has 0 spiro atoms. The molecule has 0 atom stereocenters. The van der Waals surface area contributed by atoms with Gasteiger partial charge in [-0.2, -0.15) is 5.10 Å². The topological polar surface area (TPSA) is 15.6 Å².